The van der Waals surface area contributed by atoms with Crippen molar-refractivity contribution in [3.63, 3.8) is 0 Å². The maximum absolute atomic E-state index is 14.6. The summed E-state index contributed by atoms with van der Waals surface area (Å²) in [6, 6.07) is 1.30. The minimum atomic E-state index is -4.53. The quantitative estimate of drug-likeness (QED) is 0.820. The molecule has 128 valence electrons. The van der Waals surface area contributed by atoms with Crippen molar-refractivity contribution in [3.05, 3.63) is 34.1 Å². The van der Waals surface area contributed by atoms with E-state index in [9.17, 15) is 17.6 Å². The number of hydrogen-bond acceptors (Lipinski definition) is 2. The van der Waals surface area contributed by atoms with Crippen molar-refractivity contribution in [2.45, 2.75) is 31.5 Å². The number of nitrogens with zero attached hydrogens (tertiary/aromatic N) is 1. The summed E-state index contributed by atoms with van der Waals surface area (Å²) in [7, 11) is 0. The summed E-state index contributed by atoms with van der Waals surface area (Å²) in [5.74, 6) is -0.516. The molecule has 2 aliphatic rings. The van der Waals surface area contributed by atoms with Crippen LogP contribution in [-0.4, -0.2) is 31.1 Å². The molecule has 0 amide bonds. The van der Waals surface area contributed by atoms with Crippen LogP contribution in [0.1, 0.15) is 36.4 Å². The summed E-state index contributed by atoms with van der Waals surface area (Å²) >= 11 is 5.77. The van der Waals surface area contributed by atoms with E-state index in [0.717, 1.165) is 38.4 Å². The van der Waals surface area contributed by atoms with Gasteiger partial charge in [-0.15, -0.1) is 0 Å². The monoisotopic (exact) mass is 350 g/mol. The highest BCUT2D eigenvalue weighted by Crippen LogP contribution is 2.44. The van der Waals surface area contributed by atoms with Crippen LogP contribution in [0.3, 0.4) is 0 Å². The van der Waals surface area contributed by atoms with E-state index in [2.05, 4.69) is 10.2 Å². The zero-order chi connectivity index (χ0) is 16.6. The minimum Gasteiger partial charge on any atom is -0.314 e. The van der Waals surface area contributed by atoms with Gasteiger partial charge in [0.15, 0.2) is 0 Å². The van der Waals surface area contributed by atoms with Crippen LogP contribution in [0.2, 0.25) is 5.02 Å². The zero-order valence-corrected chi connectivity index (χ0v) is 13.4. The summed E-state index contributed by atoms with van der Waals surface area (Å²) < 4.78 is 53.8. The van der Waals surface area contributed by atoms with Gasteiger partial charge in [-0.1, -0.05) is 18.0 Å². The molecule has 1 aliphatic heterocycles. The first kappa shape index (κ1) is 17.0. The van der Waals surface area contributed by atoms with Crippen molar-refractivity contribution in [3.8, 4) is 0 Å². The predicted octanol–water partition coefficient (Wildman–Crippen LogP) is 4.24. The Bertz CT molecular complexity index is 566. The van der Waals surface area contributed by atoms with Crippen LogP contribution >= 0.6 is 11.6 Å². The minimum absolute atomic E-state index is 0.0939. The SMILES string of the molecule is Fc1c(Cl)cc(C(F)(F)F)cc1[C@H](C1CCC1)N1CCNCC1. The Labute approximate surface area is 137 Å². The van der Waals surface area contributed by atoms with E-state index in [4.69, 9.17) is 11.6 Å². The van der Waals surface area contributed by atoms with Crippen LogP contribution in [0.25, 0.3) is 0 Å². The lowest BCUT2D eigenvalue weighted by molar-refractivity contribution is -0.137. The van der Waals surface area contributed by atoms with Crippen molar-refractivity contribution in [2.24, 2.45) is 5.92 Å². The Morgan fingerprint density at radius 2 is 1.83 bits per heavy atom. The number of hydrogen-bond donors (Lipinski definition) is 1. The Balaban J connectivity index is 2.02. The van der Waals surface area contributed by atoms with Gasteiger partial charge in [-0.2, -0.15) is 13.2 Å². The topological polar surface area (TPSA) is 15.3 Å². The van der Waals surface area contributed by atoms with Crippen molar-refractivity contribution in [2.75, 3.05) is 26.2 Å². The van der Waals surface area contributed by atoms with Crippen LogP contribution in [0.5, 0.6) is 0 Å². The van der Waals surface area contributed by atoms with Crippen LogP contribution in [0.4, 0.5) is 17.6 Å². The smallest absolute Gasteiger partial charge is 0.314 e. The number of alkyl halides is 3. The molecule has 0 spiro atoms. The normalized spacial score (nSPS) is 22.0. The molecule has 1 saturated carbocycles. The fraction of sp³-hybridized carbons (Fsp3) is 0.625. The van der Waals surface area contributed by atoms with E-state index in [1.165, 1.54) is 0 Å². The fourth-order valence-electron chi connectivity index (χ4n) is 3.45. The van der Waals surface area contributed by atoms with Gasteiger partial charge in [0.25, 0.3) is 0 Å². The van der Waals surface area contributed by atoms with Gasteiger partial charge in [0, 0.05) is 37.8 Å². The molecular weight excluding hydrogens is 332 g/mol. The van der Waals surface area contributed by atoms with Crippen LogP contribution in [0.15, 0.2) is 12.1 Å². The number of rotatable bonds is 3. The Morgan fingerprint density at radius 3 is 2.35 bits per heavy atom. The molecule has 1 aliphatic carbocycles. The first-order valence-electron chi connectivity index (χ1n) is 7.89. The highest BCUT2D eigenvalue weighted by molar-refractivity contribution is 6.30. The van der Waals surface area contributed by atoms with Crippen LogP contribution < -0.4 is 5.32 Å². The molecule has 1 aromatic carbocycles. The van der Waals surface area contributed by atoms with Crippen molar-refractivity contribution in [1.82, 2.24) is 10.2 Å². The third kappa shape index (κ3) is 3.49. The molecule has 3 rings (SSSR count). The molecule has 1 heterocycles. The van der Waals surface area contributed by atoms with Gasteiger partial charge >= 0.3 is 6.18 Å². The Hall–Kier alpha value is -0.850. The molecule has 1 saturated heterocycles. The van der Waals surface area contributed by atoms with Crippen LogP contribution in [-0.2, 0) is 6.18 Å². The second kappa shape index (κ2) is 6.57. The lowest BCUT2D eigenvalue weighted by Gasteiger charge is -2.43. The average Bonchev–Trinajstić information content (AvgIpc) is 2.45. The standard InChI is InChI=1S/C16H19ClF4N2/c17-13-9-11(16(19,20)21)8-12(14(13)18)15(10-2-1-3-10)23-6-4-22-5-7-23/h8-10,15,22H,1-7H2/t15-/m0/s1. The highest BCUT2D eigenvalue weighted by Gasteiger charge is 2.38. The fourth-order valence-corrected chi connectivity index (χ4v) is 3.68. The van der Waals surface area contributed by atoms with E-state index >= 15 is 0 Å². The summed E-state index contributed by atoms with van der Waals surface area (Å²) in [5, 5.41) is 2.77. The summed E-state index contributed by atoms with van der Waals surface area (Å²) in [4.78, 5) is 2.09. The van der Waals surface area contributed by atoms with Crippen LogP contribution in [0, 0.1) is 11.7 Å². The van der Waals surface area contributed by atoms with Gasteiger partial charge in [0.2, 0.25) is 0 Å². The second-order valence-electron chi connectivity index (χ2n) is 6.28. The lowest BCUT2D eigenvalue weighted by atomic mass is 9.76. The molecule has 0 aromatic heterocycles. The predicted molar refractivity (Wildman–Crippen MR) is 80.9 cm³/mol. The summed E-state index contributed by atoms with van der Waals surface area (Å²) in [6.45, 7) is 2.93. The maximum atomic E-state index is 14.6. The third-order valence-corrected chi connectivity index (χ3v) is 5.12. The number of piperazine rings is 1. The Morgan fingerprint density at radius 1 is 1.17 bits per heavy atom. The lowest BCUT2D eigenvalue weighted by Crippen LogP contribution is -2.48. The molecule has 0 bridgehead atoms. The first-order chi connectivity index (χ1) is 10.9. The second-order valence-corrected chi connectivity index (χ2v) is 6.69. The number of benzene rings is 1. The summed E-state index contributed by atoms with van der Waals surface area (Å²) in [6.07, 6.45) is -1.65. The van der Waals surface area contributed by atoms with Crippen molar-refractivity contribution < 1.29 is 17.6 Å². The van der Waals surface area contributed by atoms with E-state index in [1.807, 2.05) is 0 Å². The molecule has 7 heteroatoms. The van der Waals surface area contributed by atoms with E-state index in [1.54, 1.807) is 0 Å². The number of nitrogens with one attached hydrogen (secondary N) is 1. The average molecular weight is 351 g/mol. The van der Waals surface area contributed by atoms with Gasteiger partial charge in [-0.05, 0) is 30.9 Å². The highest BCUT2D eigenvalue weighted by atomic mass is 35.5. The molecular formula is C16H19ClF4N2. The van der Waals surface area contributed by atoms with Gasteiger partial charge < -0.3 is 5.32 Å². The largest absolute Gasteiger partial charge is 0.416 e. The van der Waals surface area contributed by atoms with E-state index in [0.29, 0.717) is 19.2 Å². The van der Waals surface area contributed by atoms with Crippen molar-refractivity contribution in [1.29, 1.82) is 0 Å². The molecule has 2 fully saturated rings. The first-order valence-corrected chi connectivity index (χ1v) is 8.26. The third-order valence-electron chi connectivity index (χ3n) is 4.84. The zero-order valence-electron chi connectivity index (χ0n) is 12.6. The molecule has 2 nitrogen and oxygen atoms in total. The molecule has 23 heavy (non-hydrogen) atoms. The number of halogens is 5. The van der Waals surface area contributed by atoms with Gasteiger partial charge in [0.1, 0.15) is 5.82 Å². The van der Waals surface area contributed by atoms with E-state index in [-0.39, 0.29) is 17.5 Å². The molecule has 1 N–H and O–H groups in total. The van der Waals surface area contributed by atoms with Gasteiger partial charge in [-0.25, -0.2) is 4.39 Å². The molecule has 0 unspecified atom stereocenters. The van der Waals surface area contributed by atoms with Gasteiger partial charge in [0.05, 0.1) is 10.6 Å². The van der Waals surface area contributed by atoms with E-state index < -0.39 is 22.6 Å². The van der Waals surface area contributed by atoms with Crippen molar-refractivity contribution >= 4 is 11.6 Å². The van der Waals surface area contributed by atoms with Gasteiger partial charge in [-0.3, -0.25) is 4.90 Å². The molecule has 0 radical (unpaired) electrons. The molecule has 1 atom stereocenters. The summed E-state index contributed by atoms with van der Waals surface area (Å²) in [5.41, 5.74) is -0.783. The Kier molecular flexibility index (Phi) is 4.85. The molecule has 1 aromatic rings. The maximum Gasteiger partial charge on any atom is 0.416 e.